The van der Waals surface area contributed by atoms with Crippen LogP contribution < -0.4 is 5.32 Å². The highest BCUT2D eigenvalue weighted by Gasteiger charge is 2.37. The first-order chi connectivity index (χ1) is 15.9. The van der Waals surface area contributed by atoms with Crippen LogP contribution in [0.5, 0.6) is 0 Å². The van der Waals surface area contributed by atoms with Crippen LogP contribution in [0.15, 0.2) is 53.0 Å². The Labute approximate surface area is 205 Å². The maximum Gasteiger partial charge on any atom is 0.253 e. The quantitative estimate of drug-likeness (QED) is 0.554. The molecule has 33 heavy (non-hydrogen) atoms. The molecule has 2 aromatic carbocycles. The van der Waals surface area contributed by atoms with Crippen LogP contribution in [0.1, 0.15) is 61.4 Å². The second-order valence-electron chi connectivity index (χ2n) is 9.59. The molecule has 5 nitrogen and oxygen atoms in total. The highest BCUT2D eigenvalue weighted by atomic mass is 79.9. The first-order valence-corrected chi connectivity index (χ1v) is 12.9. The summed E-state index contributed by atoms with van der Waals surface area (Å²) in [6.45, 7) is 7.08. The van der Waals surface area contributed by atoms with Crippen LogP contribution in [-0.2, 0) is 4.79 Å². The van der Waals surface area contributed by atoms with Crippen LogP contribution in [-0.4, -0.2) is 53.8 Å². The number of benzene rings is 2. The minimum Gasteiger partial charge on any atom is -0.336 e. The number of amides is 2. The lowest BCUT2D eigenvalue weighted by Crippen LogP contribution is -2.56. The zero-order chi connectivity index (χ0) is 23.4. The fourth-order valence-electron chi connectivity index (χ4n) is 5.13. The van der Waals surface area contributed by atoms with E-state index < -0.39 is 0 Å². The maximum atomic E-state index is 13.5. The van der Waals surface area contributed by atoms with Crippen molar-refractivity contribution in [2.24, 2.45) is 5.92 Å². The monoisotopic (exact) mass is 511 g/mol. The smallest absolute Gasteiger partial charge is 0.253 e. The van der Waals surface area contributed by atoms with E-state index in [4.69, 9.17) is 0 Å². The minimum absolute atomic E-state index is 0.0584. The van der Waals surface area contributed by atoms with E-state index in [1.54, 1.807) is 0 Å². The number of halogens is 1. The van der Waals surface area contributed by atoms with E-state index in [1.165, 1.54) is 18.4 Å². The number of carbonyl (C=O) groups excluding carboxylic acids is 2. The number of anilines is 1. The Morgan fingerprint density at radius 3 is 2.24 bits per heavy atom. The fourth-order valence-corrected chi connectivity index (χ4v) is 5.53. The van der Waals surface area contributed by atoms with Gasteiger partial charge in [0.25, 0.3) is 5.91 Å². The molecule has 1 aliphatic carbocycles. The highest BCUT2D eigenvalue weighted by Crippen LogP contribution is 2.32. The van der Waals surface area contributed by atoms with Crippen LogP contribution in [0.25, 0.3) is 0 Å². The predicted octanol–water partition coefficient (Wildman–Crippen LogP) is 5.53. The summed E-state index contributed by atoms with van der Waals surface area (Å²) in [6, 6.07) is 15.6. The molecule has 1 aliphatic heterocycles. The molecule has 0 bridgehead atoms. The van der Waals surface area contributed by atoms with Crippen molar-refractivity contribution in [3.8, 4) is 0 Å². The normalized spacial score (nSPS) is 18.5. The summed E-state index contributed by atoms with van der Waals surface area (Å²) in [5, 5.41) is 3.18. The van der Waals surface area contributed by atoms with E-state index in [1.807, 2.05) is 41.3 Å². The minimum atomic E-state index is -0.139. The van der Waals surface area contributed by atoms with Crippen LogP contribution in [0.3, 0.4) is 0 Å². The van der Waals surface area contributed by atoms with Crippen LogP contribution in [0, 0.1) is 5.92 Å². The molecule has 2 fully saturated rings. The number of piperazine rings is 1. The average molecular weight is 512 g/mol. The molecular weight excluding hydrogens is 478 g/mol. The van der Waals surface area contributed by atoms with Gasteiger partial charge in [0, 0.05) is 41.9 Å². The molecule has 1 heterocycles. The number of hydrogen-bond acceptors (Lipinski definition) is 3. The number of nitrogens with one attached hydrogen (secondary N) is 1. The van der Waals surface area contributed by atoms with Crippen molar-refractivity contribution in [2.45, 2.75) is 51.5 Å². The van der Waals surface area contributed by atoms with Crippen molar-refractivity contribution >= 4 is 33.4 Å². The van der Waals surface area contributed by atoms with Gasteiger partial charge in [0.1, 0.15) is 0 Å². The summed E-state index contributed by atoms with van der Waals surface area (Å²) in [5.41, 5.74) is 2.83. The van der Waals surface area contributed by atoms with Gasteiger partial charge in [0.2, 0.25) is 5.91 Å². The molecule has 0 spiro atoms. The summed E-state index contributed by atoms with van der Waals surface area (Å²) >= 11 is 3.45. The molecular formula is C27H34BrN3O2. The molecule has 1 saturated carbocycles. The highest BCUT2D eigenvalue weighted by molar-refractivity contribution is 9.10. The molecule has 1 N–H and O–H groups in total. The predicted molar refractivity (Wildman–Crippen MR) is 137 cm³/mol. The van der Waals surface area contributed by atoms with Crippen LogP contribution in [0.4, 0.5) is 5.69 Å². The number of nitrogens with zero attached hydrogens (tertiary/aromatic N) is 2. The van der Waals surface area contributed by atoms with Gasteiger partial charge in [-0.1, -0.05) is 60.8 Å². The topological polar surface area (TPSA) is 52.7 Å². The summed E-state index contributed by atoms with van der Waals surface area (Å²) in [4.78, 5) is 30.6. The van der Waals surface area contributed by atoms with Gasteiger partial charge < -0.3 is 10.2 Å². The fraction of sp³-hybridized carbons (Fsp3) is 0.481. The molecule has 6 heteroatoms. The van der Waals surface area contributed by atoms with Gasteiger partial charge in [-0.15, -0.1) is 0 Å². The van der Waals surface area contributed by atoms with Gasteiger partial charge in [0.05, 0.1) is 6.04 Å². The van der Waals surface area contributed by atoms with Gasteiger partial charge in [0.15, 0.2) is 0 Å². The first-order valence-electron chi connectivity index (χ1n) is 12.1. The standard InChI is InChI=1S/C27H34BrN3O2/c1-19(2)20-10-12-24(13-11-20)29-26(32)25(21-6-3-4-7-21)30-14-16-31(17-15-30)27(33)22-8-5-9-23(28)18-22/h5,8-13,18-19,21,25H,3-4,6-7,14-17H2,1-2H3,(H,29,32)/t25-/m1/s1. The summed E-state index contributed by atoms with van der Waals surface area (Å²) in [6.07, 6.45) is 4.58. The summed E-state index contributed by atoms with van der Waals surface area (Å²) in [5.74, 6) is 0.998. The summed E-state index contributed by atoms with van der Waals surface area (Å²) in [7, 11) is 0. The average Bonchev–Trinajstić information content (AvgIpc) is 3.34. The second kappa shape index (κ2) is 10.8. The first kappa shape index (κ1) is 24.0. The van der Waals surface area contributed by atoms with Gasteiger partial charge in [-0.3, -0.25) is 14.5 Å². The van der Waals surface area contributed by atoms with Gasteiger partial charge in [-0.05, 0) is 60.6 Å². The number of rotatable bonds is 6. The van der Waals surface area contributed by atoms with E-state index in [0.717, 1.165) is 36.1 Å². The van der Waals surface area contributed by atoms with E-state index in [0.29, 0.717) is 30.5 Å². The van der Waals surface area contributed by atoms with E-state index in [-0.39, 0.29) is 17.9 Å². The Hall–Kier alpha value is -2.18. The van der Waals surface area contributed by atoms with E-state index >= 15 is 0 Å². The Morgan fingerprint density at radius 1 is 0.970 bits per heavy atom. The number of hydrogen-bond donors (Lipinski definition) is 1. The lowest BCUT2D eigenvalue weighted by molar-refractivity contribution is -0.123. The Bertz CT molecular complexity index is 962. The van der Waals surface area contributed by atoms with Crippen LogP contribution in [0.2, 0.25) is 0 Å². The van der Waals surface area contributed by atoms with Crippen LogP contribution >= 0.6 is 15.9 Å². The Balaban J connectivity index is 1.42. The molecule has 4 rings (SSSR count). The Kier molecular flexibility index (Phi) is 7.86. The third-order valence-corrected chi connectivity index (χ3v) is 7.52. The molecule has 1 saturated heterocycles. The molecule has 0 aromatic heterocycles. The summed E-state index contributed by atoms with van der Waals surface area (Å²) < 4.78 is 0.909. The second-order valence-corrected chi connectivity index (χ2v) is 10.5. The molecule has 0 radical (unpaired) electrons. The number of carbonyl (C=O) groups is 2. The van der Waals surface area contributed by atoms with Gasteiger partial charge in [-0.2, -0.15) is 0 Å². The maximum absolute atomic E-state index is 13.5. The van der Waals surface area contributed by atoms with Crippen molar-refractivity contribution in [1.29, 1.82) is 0 Å². The largest absolute Gasteiger partial charge is 0.336 e. The van der Waals surface area contributed by atoms with E-state index in [9.17, 15) is 9.59 Å². The zero-order valence-electron chi connectivity index (χ0n) is 19.6. The van der Waals surface area contributed by atoms with Crippen molar-refractivity contribution < 1.29 is 9.59 Å². The van der Waals surface area contributed by atoms with Crippen molar-refractivity contribution in [3.63, 3.8) is 0 Å². The molecule has 1 atom stereocenters. The van der Waals surface area contributed by atoms with Crippen molar-refractivity contribution in [2.75, 3.05) is 31.5 Å². The molecule has 0 unspecified atom stereocenters. The van der Waals surface area contributed by atoms with Gasteiger partial charge in [-0.25, -0.2) is 0 Å². The Morgan fingerprint density at radius 2 is 1.64 bits per heavy atom. The van der Waals surface area contributed by atoms with Crippen molar-refractivity contribution in [3.05, 3.63) is 64.1 Å². The third-order valence-electron chi connectivity index (χ3n) is 7.03. The molecule has 176 valence electrons. The lowest BCUT2D eigenvalue weighted by Gasteiger charge is -2.40. The molecule has 2 amide bonds. The van der Waals surface area contributed by atoms with E-state index in [2.05, 4.69) is 52.1 Å². The molecule has 2 aliphatic rings. The molecule has 2 aromatic rings. The van der Waals surface area contributed by atoms with Gasteiger partial charge >= 0.3 is 0 Å². The lowest BCUT2D eigenvalue weighted by atomic mass is 9.94. The zero-order valence-corrected chi connectivity index (χ0v) is 21.2. The van der Waals surface area contributed by atoms with Crippen molar-refractivity contribution in [1.82, 2.24) is 9.80 Å². The third kappa shape index (κ3) is 5.85. The SMILES string of the molecule is CC(C)c1ccc(NC(=O)[C@@H](C2CCCC2)N2CCN(C(=O)c3cccc(Br)c3)CC2)cc1.